The number of amides is 2. The molecule has 0 radical (unpaired) electrons. The summed E-state index contributed by atoms with van der Waals surface area (Å²) in [5, 5.41) is 8.32. The van der Waals surface area contributed by atoms with E-state index in [1.807, 2.05) is 20.8 Å². The van der Waals surface area contributed by atoms with Crippen LogP contribution in [0.2, 0.25) is 0 Å². The third kappa shape index (κ3) is 5.93. The lowest BCUT2D eigenvalue weighted by Crippen LogP contribution is -2.40. The maximum Gasteiger partial charge on any atom is 0.257 e. The Hall–Kier alpha value is -2.80. The Morgan fingerprint density at radius 2 is 1.62 bits per heavy atom. The predicted molar refractivity (Wildman–Crippen MR) is 104 cm³/mol. The van der Waals surface area contributed by atoms with Gasteiger partial charge in [0.1, 0.15) is 5.82 Å². The largest absolute Gasteiger partial charge is 0.347 e. The molecule has 0 fully saturated rings. The molecule has 0 aliphatic rings. The number of carbonyl (C=O) groups is 2. The summed E-state index contributed by atoms with van der Waals surface area (Å²) in [6.45, 7) is 5.69. The fourth-order valence-corrected chi connectivity index (χ4v) is 2.30. The second kappa shape index (κ2) is 8.05. The minimum Gasteiger partial charge on any atom is -0.347 e. The molecule has 26 heavy (non-hydrogen) atoms. The lowest BCUT2D eigenvalue weighted by atomic mass is 10.1. The molecule has 7 heteroatoms. The highest BCUT2D eigenvalue weighted by atomic mass is 32.1. The van der Waals surface area contributed by atoms with Crippen molar-refractivity contribution in [3.05, 3.63) is 65.5 Å². The molecular formula is C19H20FN3O2S. The number of carbonyl (C=O) groups excluding carboxylic acids is 2. The molecule has 5 nitrogen and oxygen atoms in total. The fourth-order valence-electron chi connectivity index (χ4n) is 2.09. The van der Waals surface area contributed by atoms with Crippen LogP contribution in [0.4, 0.5) is 10.1 Å². The molecule has 0 aromatic heterocycles. The maximum atomic E-state index is 12.9. The molecule has 2 rings (SSSR count). The Labute approximate surface area is 157 Å². The molecule has 0 saturated heterocycles. The van der Waals surface area contributed by atoms with Crippen molar-refractivity contribution in [1.82, 2.24) is 10.6 Å². The maximum absolute atomic E-state index is 12.9. The van der Waals surface area contributed by atoms with E-state index >= 15 is 0 Å². The van der Waals surface area contributed by atoms with Crippen LogP contribution in [0.3, 0.4) is 0 Å². The van der Waals surface area contributed by atoms with Gasteiger partial charge in [-0.2, -0.15) is 0 Å². The van der Waals surface area contributed by atoms with Crippen molar-refractivity contribution in [2.75, 3.05) is 5.32 Å². The Morgan fingerprint density at radius 3 is 2.23 bits per heavy atom. The zero-order valence-electron chi connectivity index (χ0n) is 14.7. The number of nitrogens with one attached hydrogen (secondary N) is 3. The average molecular weight is 373 g/mol. The SMILES string of the molecule is CC(C)(C)NC(=O)c1cccc(NC(=S)NC(=O)c2ccc(F)cc2)c1. The molecule has 3 N–H and O–H groups in total. The monoisotopic (exact) mass is 373 g/mol. The second-order valence-corrected chi connectivity index (χ2v) is 7.11. The molecule has 0 aliphatic carbocycles. The molecule has 0 bridgehead atoms. The Morgan fingerprint density at radius 1 is 0.962 bits per heavy atom. The lowest BCUT2D eigenvalue weighted by Gasteiger charge is -2.20. The minimum atomic E-state index is -0.455. The van der Waals surface area contributed by atoms with Gasteiger partial charge >= 0.3 is 0 Å². The average Bonchev–Trinajstić information content (AvgIpc) is 2.54. The van der Waals surface area contributed by atoms with Crippen LogP contribution in [-0.2, 0) is 0 Å². The summed E-state index contributed by atoms with van der Waals surface area (Å²) < 4.78 is 12.9. The standard InChI is InChI=1S/C19H20FN3O2S/c1-19(2,3)23-17(25)13-5-4-6-15(11-13)21-18(26)22-16(24)12-7-9-14(20)10-8-12/h4-11H,1-3H3,(H,23,25)(H2,21,22,24,26). The number of hydrogen-bond acceptors (Lipinski definition) is 3. The zero-order chi connectivity index (χ0) is 19.3. The molecule has 2 aromatic carbocycles. The quantitative estimate of drug-likeness (QED) is 0.721. The molecule has 0 atom stereocenters. The van der Waals surface area contributed by atoms with Gasteiger partial charge in [0.2, 0.25) is 0 Å². The topological polar surface area (TPSA) is 70.2 Å². The molecule has 2 amide bonds. The van der Waals surface area contributed by atoms with Gasteiger partial charge in [0.25, 0.3) is 11.8 Å². The first-order chi connectivity index (χ1) is 12.1. The van der Waals surface area contributed by atoms with Crippen LogP contribution < -0.4 is 16.0 Å². The first-order valence-corrected chi connectivity index (χ1v) is 8.35. The Balaban J connectivity index is 2.00. The summed E-state index contributed by atoms with van der Waals surface area (Å²) >= 11 is 5.12. The van der Waals surface area contributed by atoms with Gasteiger partial charge in [-0.05, 0) is 75.5 Å². The zero-order valence-corrected chi connectivity index (χ0v) is 15.5. The van der Waals surface area contributed by atoms with Gasteiger partial charge < -0.3 is 10.6 Å². The van der Waals surface area contributed by atoms with Crippen molar-refractivity contribution >= 4 is 34.8 Å². The lowest BCUT2D eigenvalue weighted by molar-refractivity contribution is 0.0918. The van der Waals surface area contributed by atoms with Crippen LogP contribution in [0.25, 0.3) is 0 Å². The number of rotatable bonds is 3. The van der Waals surface area contributed by atoms with E-state index in [4.69, 9.17) is 12.2 Å². The molecule has 0 heterocycles. The van der Waals surface area contributed by atoms with Gasteiger partial charge in [-0.15, -0.1) is 0 Å². The van der Waals surface area contributed by atoms with E-state index in [0.29, 0.717) is 11.3 Å². The summed E-state index contributed by atoms with van der Waals surface area (Å²) in [6, 6.07) is 11.9. The van der Waals surface area contributed by atoms with Crippen LogP contribution in [0, 0.1) is 5.82 Å². The summed E-state index contributed by atoms with van der Waals surface area (Å²) in [7, 11) is 0. The Kier molecular flexibility index (Phi) is 6.05. The van der Waals surface area contributed by atoms with Gasteiger partial charge in [-0.3, -0.25) is 14.9 Å². The van der Waals surface area contributed by atoms with E-state index in [9.17, 15) is 14.0 Å². The number of thiocarbonyl (C=S) groups is 1. The molecule has 0 aliphatic heterocycles. The number of anilines is 1. The van der Waals surface area contributed by atoms with Crippen LogP contribution in [-0.4, -0.2) is 22.5 Å². The highest BCUT2D eigenvalue weighted by Gasteiger charge is 2.15. The van der Waals surface area contributed by atoms with Crippen LogP contribution in [0.1, 0.15) is 41.5 Å². The van der Waals surface area contributed by atoms with E-state index in [0.717, 1.165) is 0 Å². The van der Waals surface area contributed by atoms with Gasteiger partial charge in [-0.1, -0.05) is 6.07 Å². The Bertz CT molecular complexity index is 829. The van der Waals surface area contributed by atoms with Crippen molar-refractivity contribution in [2.45, 2.75) is 26.3 Å². The molecule has 2 aromatic rings. The van der Waals surface area contributed by atoms with Crippen LogP contribution in [0.5, 0.6) is 0 Å². The van der Waals surface area contributed by atoms with Gasteiger partial charge in [0, 0.05) is 22.4 Å². The minimum absolute atomic E-state index is 0.0766. The van der Waals surface area contributed by atoms with Crippen LogP contribution in [0.15, 0.2) is 48.5 Å². The molecule has 0 unspecified atom stereocenters. The second-order valence-electron chi connectivity index (χ2n) is 6.70. The van der Waals surface area contributed by atoms with Gasteiger partial charge in [0.05, 0.1) is 0 Å². The fraction of sp³-hybridized carbons (Fsp3) is 0.211. The summed E-state index contributed by atoms with van der Waals surface area (Å²) in [6.07, 6.45) is 0. The smallest absolute Gasteiger partial charge is 0.257 e. The third-order valence-corrected chi connectivity index (χ3v) is 3.41. The van der Waals surface area contributed by atoms with Crippen molar-refractivity contribution in [1.29, 1.82) is 0 Å². The first kappa shape index (κ1) is 19.5. The normalized spacial score (nSPS) is 10.8. The predicted octanol–water partition coefficient (Wildman–Crippen LogP) is 3.48. The van der Waals surface area contributed by atoms with Gasteiger partial charge in [-0.25, -0.2) is 4.39 Å². The highest BCUT2D eigenvalue weighted by molar-refractivity contribution is 7.80. The van der Waals surface area contributed by atoms with E-state index in [2.05, 4.69) is 16.0 Å². The van der Waals surface area contributed by atoms with Crippen molar-refractivity contribution in [3.63, 3.8) is 0 Å². The molecule has 0 saturated carbocycles. The van der Waals surface area contributed by atoms with Crippen molar-refractivity contribution in [3.8, 4) is 0 Å². The summed E-state index contributed by atoms with van der Waals surface area (Å²) in [4.78, 5) is 24.3. The molecular weight excluding hydrogens is 353 g/mol. The molecule has 136 valence electrons. The summed E-state index contributed by atoms with van der Waals surface area (Å²) in [5.41, 5.74) is 0.973. The van der Waals surface area contributed by atoms with E-state index < -0.39 is 11.7 Å². The van der Waals surface area contributed by atoms with E-state index in [-0.39, 0.29) is 22.1 Å². The number of halogens is 1. The van der Waals surface area contributed by atoms with E-state index in [1.165, 1.54) is 24.3 Å². The van der Waals surface area contributed by atoms with Crippen LogP contribution >= 0.6 is 12.2 Å². The number of benzene rings is 2. The van der Waals surface area contributed by atoms with E-state index in [1.54, 1.807) is 24.3 Å². The van der Waals surface area contributed by atoms with Crippen molar-refractivity contribution in [2.24, 2.45) is 0 Å². The van der Waals surface area contributed by atoms with Gasteiger partial charge in [0.15, 0.2) is 5.11 Å². The first-order valence-electron chi connectivity index (χ1n) is 7.94. The summed E-state index contributed by atoms with van der Waals surface area (Å²) in [5.74, 6) is -1.08. The highest BCUT2D eigenvalue weighted by Crippen LogP contribution is 2.12. The number of hydrogen-bond donors (Lipinski definition) is 3. The van der Waals surface area contributed by atoms with Crippen molar-refractivity contribution < 1.29 is 14.0 Å². The third-order valence-electron chi connectivity index (χ3n) is 3.20. The molecule has 0 spiro atoms.